The molecular weight excluding hydrogens is 1610 g/mol. The van der Waals surface area contributed by atoms with Crippen LogP contribution in [0.4, 0.5) is 0 Å². The molecule has 16 fully saturated rings. The first-order valence-corrected chi connectivity index (χ1v) is 53.8. The Balaban J connectivity index is 0.000000157. The molecule has 9 saturated carbocycles. The third-order valence-electron chi connectivity index (χ3n) is 34.5. The zero-order valence-corrected chi connectivity index (χ0v) is 86.8. The van der Waals surface area contributed by atoms with Gasteiger partial charge in [0.05, 0.1) is 42.3 Å². The number of likely N-dealkylation sites (tertiary alicyclic amines) is 7. The minimum atomic E-state index is 0.0301. The summed E-state index contributed by atoms with van der Waals surface area (Å²) in [4.78, 5) is 103. The van der Waals surface area contributed by atoms with E-state index in [1.54, 1.807) is 0 Å². The molecule has 7 saturated heterocycles. The summed E-state index contributed by atoms with van der Waals surface area (Å²) in [7, 11) is 13.4. The van der Waals surface area contributed by atoms with Crippen molar-refractivity contribution in [2.45, 2.75) is 415 Å². The van der Waals surface area contributed by atoms with Crippen LogP contribution in [0.3, 0.4) is 0 Å². The summed E-state index contributed by atoms with van der Waals surface area (Å²) in [5, 5.41) is 22.4. The van der Waals surface area contributed by atoms with E-state index in [0.29, 0.717) is 47.4 Å². The first-order chi connectivity index (χ1) is 61.1. The van der Waals surface area contributed by atoms with Crippen LogP contribution < -0.4 is 37.2 Å². The topological polar surface area (TPSA) is 226 Å². The number of hydrogen-bond acceptors (Lipinski definition) is 14. The fourth-order valence-electron chi connectivity index (χ4n) is 25.6. The molecule has 21 nitrogen and oxygen atoms in total. The summed E-state index contributed by atoms with van der Waals surface area (Å²) in [5.41, 5.74) is 1.85. The number of nitrogens with zero attached hydrogens (tertiary/aromatic N) is 7. The molecule has 9 aliphatic carbocycles. The van der Waals surface area contributed by atoms with Crippen LogP contribution in [0.5, 0.6) is 0 Å². The third-order valence-corrected chi connectivity index (χ3v) is 34.5. The Kier molecular flexibility index (Phi) is 40.5. The minimum Gasteiger partial charge on any atom is -0.341 e. The van der Waals surface area contributed by atoms with Gasteiger partial charge >= 0.3 is 0 Å². The Morgan fingerprint density at radius 3 is 0.698 bits per heavy atom. The number of likely N-dealkylation sites (N-methyl/N-ethyl adjacent to an activating group) is 7. The number of nitrogens with one attached hydrogen (secondary N) is 7. The van der Waals surface area contributed by atoms with E-state index >= 15 is 0 Å². The summed E-state index contributed by atoms with van der Waals surface area (Å²) in [6.07, 6.45) is 52.5. The van der Waals surface area contributed by atoms with E-state index in [-0.39, 0.29) is 80.2 Å². The maximum absolute atomic E-state index is 12.9. The van der Waals surface area contributed by atoms with Gasteiger partial charge in [0.25, 0.3) is 0 Å². The predicted octanol–water partition coefficient (Wildman–Crippen LogP) is 17.1. The zero-order valence-electron chi connectivity index (χ0n) is 86.8. The Morgan fingerprint density at radius 1 is 0.233 bits per heavy atom. The molecule has 7 heterocycles. The molecule has 7 aliphatic heterocycles. The van der Waals surface area contributed by atoms with Crippen LogP contribution in [0.15, 0.2) is 0 Å². The normalized spacial score (nSPS) is 33.0. The van der Waals surface area contributed by atoms with Crippen molar-refractivity contribution in [1.82, 2.24) is 71.5 Å². The lowest BCUT2D eigenvalue weighted by Gasteiger charge is -2.40. The average molecular weight is 1800 g/mol. The fourth-order valence-corrected chi connectivity index (χ4v) is 25.6. The van der Waals surface area contributed by atoms with Crippen LogP contribution in [0.1, 0.15) is 367 Å². The molecule has 7 amide bonds. The van der Waals surface area contributed by atoms with E-state index in [2.05, 4.69) is 168 Å². The number of hydrogen-bond donors (Lipinski definition) is 7. The van der Waals surface area contributed by atoms with Crippen molar-refractivity contribution >= 4 is 41.4 Å². The van der Waals surface area contributed by atoms with Crippen molar-refractivity contribution in [3.8, 4) is 0 Å². The molecule has 0 aromatic rings. The average Bonchev–Trinajstić information content (AvgIpc) is 1.58. The number of rotatable bonds is 20. The van der Waals surface area contributed by atoms with Crippen molar-refractivity contribution in [1.29, 1.82) is 0 Å². The van der Waals surface area contributed by atoms with Gasteiger partial charge in [-0.2, -0.15) is 0 Å². The van der Waals surface area contributed by atoms with Crippen molar-refractivity contribution in [2.24, 2.45) is 97.1 Å². The van der Waals surface area contributed by atoms with Crippen molar-refractivity contribution < 1.29 is 33.6 Å². The van der Waals surface area contributed by atoms with E-state index in [1.807, 2.05) is 49.3 Å². The molecule has 0 spiro atoms. The molecule has 21 heteroatoms. The lowest BCUT2D eigenvalue weighted by molar-refractivity contribution is -0.137. The Bertz CT molecular complexity index is 3450. The second-order valence-corrected chi connectivity index (χ2v) is 50.5. The molecule has 16 rings (SSSR count). The van der Waals surface area contributed by atoms with Crippen molar-refractivity contribution in [3.63, 3.8) is 0 Å². The highest BCUT2D eigenvalue weighted by molar-refractivity contribution is 5.85. The Morgan fingerprint density at radius 2 is 0.465 bits per heavy atom. The van der Waals surface area contributed by atoms with E-state index in [9.17, 15) is 33.6 Å². The SMILES string of the molecule is CNC1CCC(C)(C)CN(C2CC3CCC(C3)C2)C1=O.CNC1CCC(C)(C)CN(CC2CC2)C1=O.CNC1CCC(C)(C)CN(CC2CCC2)C1=O.CNC1CCC(C)(C)CN(CC2CCC3CC32)C1=O.CNC1CCC(C)(C)CN(CC2CCCC2)C1=O.CNC1CCC(C)(C)CN(CC2CCCCC2)C1=O.CNC1CCC(C)(C)CN(CC2CCCCCC2)C1=O. The molecule has 12 atom stereocenters. The highest BCUT2D eigenvalue weighted by Crippen LogP contribution is 2.56. The molecule has 742 valence electrons. The lowest BCUT2D eigenvalue weighted by atomic mass is 9.83. The monoisotopic (exact) mass is 1800 g/mol. The zero-order chi connectivity index (χ0) is 93.8. The molecule has 0 aromatic carbocycles. The van der Waals surface area contributed by atoms with Gasteiger partial charge in [-0.1, -0.05) is 174 Å². The van der Waals surface area contributed by atoms with Crippen LogP contribution in [0.2, 0.25) is 0 Å². The Labute approximate surface area is 788 Å². The van der Waals surface area contributed by atoms with Crippen molar-refractivity contribution in [2.75, 3.05) is 134 Å². The van der Waals surface area contributed by atoms with Crippen LogP contribution in [0.25, 0.3) is 0 Å². The van der Waals surface area contributed by atoms with Crippen LogP contribution >= 0.6 is 0 Å². The molecule has 0 radical (unpaired) electrons. The molecule has 7 N–H and O–H groups in total. The van der Waals surface area contributed by atoms with Gasteiger partial charge in [-0.15, -0.1) is 0 Å². The second kappa shape index (κ2) is 48.8. The quantitative estimate of drug-likeness (QED) is 0.0563. The van der Waals surface area contributed by atoms with Gasteiger partial charge in [-0.3, -0.25) is 33.6 Å². The maximum atomic E-state index is 12.9. The fraction of sp³-hybridized carbons (Fsp3) is 0.935. The smallest absolute Gasteiger partial charge is 0.239 e. The molecule has 129 heavy (non-hydrogen) atoms. The van der Waals surface area contributed by atoms with Gasteiger partial charge in [0, 0.05) is 91.1 Å². The van der Waals surface area contributed by atoms with Gasteiger partial charge in [0.2, 0.25) is 41.4 Å². The van der Waals surface area contributed by atoms with Crippen LogP contribution in [-0.2, 0) is 33.6 Å². The summed E-state index contributed by atoms with van der Waals surface area (Å²) in [6.45, 7) is 44.7. The summed E-state index contributed by atoms with van der Waals surface area (Å²) < 4.78 is 0. The number of carbonyl (C=O) groups excluding carboxylic acids is 7. The third kappa shape index (κ3) is 33.1. The van der Waals surface area contributed by atoms with Gasteiger partial charge in [0.15, 0.2) is 0 Å². The predicted molar refractivity (Wildman–Crippen MR) is 530 cm³/mol. The highest BCUT2D eigenvalue weighted by atomic mass is 16.2. The van der Waals surface area contributed by atoms with E-state index < -0.39 is 0 Å². The maximum Gasteiger partial charge on any atom is 0.239 e. The molecule has 12 unspecified atom stereocenters. The molecular formula is C108H198N14O7. The lowest BCUT2D eigenvalue weighted by Crippen LogP contribution is -2.51. The largest absolute Gasteiger partial charge is 0.341 e. The highest BCUT2D eigenvalue weighted by Gasteiger charge is 2.51. The number of amides is 7. The molecule has 2 bridgehead atoms. The van der Waals surface area contributed by atoms with Crippen molar-refractivity contribution in [3.05, 3.63) is 0 Å². The summed E-state index contributed by atoms with van der Waals surface area (Å²) in [5.74, 6) is 10.7. The van der Waals surface area contributed by atoms with E-state index in [1.165, 1.54) is 180 Å². The van der Waals surface area contributed by atoms with Gasteiger partial charge in [0.1, 0.15) is 0 Å². The van der Waals surface area contributed by atoms with Gasteiger partial charge in [-0.25, -0.2) is 0 Å². The number of carbonyl (C=O) groups is 7. The standard InChI is InChI=1S/C17H30N2O.C17H32N2O.C16H28N2O.C16H30N2O.C15H28N2O.C14H26N2O.C13H24N2O/c1-17(2)7-6-15(18-3)16(20)19(11-17)14-9-12-4-5-13(8-12)10-14;1-17(2)11-10-15(18-3)16(20)19(13-17)12-14-8-6-4-5-7-9-14;1-16(2)7-6-14(17-3)15(19)18(10-16)9-12-5-4-11-8-13(11)12;1-16(2)10-9-14(17-3)15(19)18(12-16)11-13-7-5-4-6-8-13;1-15(2)9-8-13(16-3)14(18)17(11-15)10-12-6-4-5-7-12;1-14(2)8-7-12(15-3)13(17)16(10-14)9-11-5-4-6-11;1-13(2)7-6-11(14-3)12(16)15(9-13)8-10-4-5-10/h12-15,18H,4-11H2,1-3H3;14-15,18H,4-13H2,1-3H3;11-14,17H,4-10H2,1-3H3;13-14,17H,4-12H2,1-3H3;12-13,16H,4-11H2,1-3H3;11-12,15H,4-10H2,1-3H3;10-11,14H,4-9H2,1-3H3. The van der Waals surface area contributed by atoms with Crippen LogP contribution in [0, 0.1) is 97.1 Å². The Hall–Kier alpha value is -3.99. The van der Waals surface area contributed by atoms with Crippen LogP contribution in [-0.4, -0.2) is 258 Å². The first kappa shape index (κ1) is 107. The number of fused-ring (bicyclic) bond motifs is 3. The second-order valence-electron chi connectivity index (χ2n) is 50.5. The van der Waals surface area contributed by atoms with Gasteiger partial charge in [-0.05, 0) is 339 Å². The van der Waals surface area contributed by atoms with E-state index in [4.69, 9.17) is 0 Å². The summed E-state index contributed by atoms with van der Waals surface area (Å²) in [6, 6.07) is 0.773. The summed E-state index contributed by atoms with van der Waals surface area (Å²) >= 11 is 0. The molecule has 0 aromatic heterocycles. The molecule has 16 aliphatic rings. The first-order valence-electron chi connectivity index (χ1n) is 53.8. The van der Waals surface area contributed by atoms with E-state index in [0.717, 1.165) is 234 Å². The van der Waals surface area contributed by atoms with Gasteiger partial charge < -0.3 is 71.5 Å². The minimum absolute atomic E-state index is 0.0301.